The van der Waals surface area contributed by atoms with Crippen molar-refractivity contribution in [2.45, 2.75) is 32.2 Å². The second-order valence-electron chi connectivity index (χ2n) is 5.37. The van der Waals surface area contributed by atoms with Gasteiger partial charge in [-0.1, -0.05) is 25.8 Å². The zero-order chi connectivity index (χ0) is 14.4. The van der Waals surface area contributed by atoms with Crippen LogP contribution in [0.25, 0.3) is 0 Å². The van der Waals surface area contributed by atoms with Crippen LogP contribution in [-0.4, -0.2) is 43.3 Å². The molecule has 0 bridgehead atoms. The van der Waals surface area contributed by atoms with Crippen molar-refractivity contribution in [1.29, 1.82) is 0 Å². The molecule has 4 nitrogen and oxygen atoms in total. The van der Waals surface area contributed by atoms with Crippen LogP contribution in [0.1, 0.15) is 37.8 Å². The number of hydrogen-bond acceptors (Lipinski definition) is 4. The minimum Gasteiger partial charge on any atom is -0.507 e. The first kappa shape index (κ1) is 21.3. The number of ether oxygens (including phenoxy) is 1. The maximum Gasteiger partial charge on any atom is 0.124 e. The van der Waals surface area contributed by atoms with E-state index in [0.717, 1.165) is 38.2 Å². The van der Waals surface area contributed by atoms with Crippen molar-refractivity contribution in [1.82, 2.24) is 10.2 Å². The van der Waals surface area contributed by atoms with Crippen LogP contribution in [-0.2, 0) is 0 Å². The van der Waals surface area contributed by atoms with Gasteiger partial charge in [0.05, 0.1) is 7.11 Å². The van der Waals surface area contributed by atoms with Gasteiger partial charge in [-0.2, -0.15) is 0 Å². The highest BCUT2D eigenvalue weighted by Crippen LogP contribution is 2.34. The van der Waals surface area contributed by atoms with E-state index in [1.807, 2.05) is 12.1 Å². The zero-order valence-corrected chi connectivity index (χ0v) is 15.0. The summed E-state index contributed by atoms with van der Waals surface area (Å²) in [6.45, 7) is 6.35. The highest BCUT2D eigenvalue weighted by atomic mass is 35.5. The average molecular weight is 351 g/mol. The fraction of sp³-hybridized carbons (Fsp3) is 0.625. The number of phenols is 1. The molecule has 1 saturated heterocycles. The molecule has 0 aromatic heterocycles. The van der Waals surface area contributed by atoms with Crippen molar-refractivity contribution in [3.05, 3.63) is 23.8 Å². The van der Waals surface area contributed by atoms with Gasteiger partial charge in [0.15, 0.2) is 0 Å². The van der Waals surface area contributed by atoms with Crippen LogP contribution < -0.4 is 10.1 Å². The summed E-state index contributed by atoms with van der Waals surface area (Å²) in [4.78, 5) is 2.48. The zero-order valence-electron chi connectivity index (χ0n) is 13.4. The van der Waals surface area contributed by atoms with Gasteiger partial charge in [-0.05, 0) is 12.5 Å². The SMILES string of the molecule is CCCC[C@@H](c1ccc(OC)cc1O)N1CCNCC1.Cl.Cl. The maximum absolute atomic E-state index is 10.3. The van der Waals surface area contributed by atoms with Gasteiger partial charge in [0.25, 0.3) is 0 Å². The lowest BCUT2D eigenvalue weighted by Crippen LogP contribution is -2.45. The Morgan fingerprint density at radius 3 is 2.50 bits per heavy atom. The van der Waals surface area contributed by atoms with E-state index in [1.54, 1.807) is 13.2 Å². The molecule has 1 atom stereocenters. The van der Waals surface area contributed by atoms with E-state index in [-0.39, 0.29) is 24.8 Å². The van der Waals surface area contributed by atoms with E-state index in [1.165, 1.54) is 12.8 Å². The molecule has 0 radical (unpaired) electrons. The van der Waals surface area contributed by atoms with Crippen molar-refractivity contribution >= 4 is 24.8 Å². The first-order chi connectivity index (χ1) is 9.76. The van der Waals surface area contributed by atoms with Gasteiger partial charge in [0.1, 0.15) is 11.5 Å². The fourth-order valence-corrected chi connectivity index (χ4v) is 2.86. The summed E-state index contributed by atoms with van der Waals surface area (Å²) in [6, 6.07) is 5.98. The van der Waals surface area contributed by atoms with Crippen LogP contribution in [0.3, 0.4) is 0 Å². The van der Waals surface area contributed by atoms with Crippen LogP contribution in [0.5, 0.6) is 11.5 Å². The summed E-state index contributed by atoms with van der Waals surface area (Å²) in [5.41, 5.74) is 1.03. The molecule has 1 aromatic carbocycles. The molecule has 128 valence electrons. The fourth-order valence-electron chi connectivity index (χ4n) is 2.86. The molecular weight excluding hydrogens is 323 g/mol. The first-order valence-corrected chi connectivity index (χ1v) is 7.58. The standard InChI is InChI=1S/C16H26N2O2.2ClH/c1-3-4-5-15(18-10-8-17-9-11-18)14-7-6-13(20-2)12-16(14)19;;/h6-7,12,15,17,19H,3-5,8-11H2,1-2H3;2*1H/t15-;;/m0../s1. The van der Waals surface area contributed by atoms with Crippen LogP contribution in [0.2, 0.25) is 0 Å². The third kappa shape index (κ3) is 5.51. The highest BCUT2D eigenvalue weighted by molar-refractivity contribution is 5.85. The number of phenolic OH excluding ortho intramolecular Hbond substituents is 1. The van der Waals surface area contributed by atoms with Gasteiger partial charge in [0.2, 0.25) is 0 Å². The van der Waals surface area contributed by atoms with E-state index in [2.05, 4.69) is 17.1 Å². The number of rotatable bonds is 6. The van der Waals surface area contributed by atoms with Gasteiger partial charge >= 0.3 is 0 Å². The molecule has 22 heavy (non-hydrogen) atoms. The highest BCUT2D eigenvalue weighted by Gasteiger charge is 2.24. The molecule has 6 heteroatoms. The predicted molar refractivity (Wildman–Crippen MR) is 95.9 cm³/mol. The molecule has 0 saturated carbocycles. The monoisotopic (exact) mass is 350 g/mol. The van der Waals surface area contributed by atoms with Crippen molar-refractivity contribution in [2.75, 3.05) is 33.3 Å². The molecule has 1 aliphatic rings. The molecule has 0 amide bonds. The van der Waals surface area contributed by atoms with Gasteiger partial charge in [-0.15, -0.1) is 24.8 Å². The average Bonchev–Trinajstić information content (AvgIpc) is 2.50. The van der Waals surface area contributed by atoms with Crippen molar-refractivity contribution < 1.29 is 9.84 Å². The molecule has 2 N–H and O–H groups in total. The molecule has 1 fully saturated rings. The molecule has 1 aromatic rings. The molecule has 1 heterocycles. The number of nitrogens with one attached hydrogen (secondary N) is 1. The molecular formula is C16H28Cl2N2O2. The Morgan fingerprint density at radius 2 is 1.95 bits per heavy atom. The van der Waals surface area contributed by atoms with Crippen LogP contribution >= 0.6 is 24.8 Å². The lowest BCUT2D eigenvalue weighted by molar-refractivity contribution is 0.160. The molecule has 0 unspecified atom stereocenters. The Labute approximate surface area is 146 Å². The smallest absolute Gasteiger partial charge is 0.124 e. The third-order valence-corrected chi connectivity index (χ3v) is 4.02. The second kappa shape index (κ2) is 10.9. The lowest BCUT2D eigenvalue weighted by Gasteiger charge is -2.35. The Kier molecular flexibility index (Phi) is 10.6. The largest absolute Gasteiger partial charge is 0.507 e. The summed E-state index contributed by atoms with van der Waals surface area (Å²) < 4.78 is 5.17. The maximum atomic E-state index is 10.3. The number of halogens is 2. The van der Waals surface area contributed by atoms with Gasteiger partial charge < -0.3 is 15.2 Å². The van der Waals surface area contributed by atoms with Crippen molar-refractivity contribution in [3.8, 4) is 11.5 Å². The molecule has 0 spiro atoms. The van der Waals surface area contributed by atoms with Crippen LogP contribution in [0.4, 0.5) is 0 Å². The van der Waals surface area contributed by atoms with E-state index in [4.69, 9.17) is 4.74 Å². The minimum atomic E-state index is 0. The van der Waals surface area contributed by atoms with Crippen molar-refractivity contribution in [3.63, 3.8) is 0 Å². The predicted octanol–water partition coefficient (Wildman–Crippen LogP) is 3.38. The number of nitrogens with zero attached hydrogens (tertiary/aromatic N) is 1. The van der Waals surface area contributed by atoms with E-state index < -0.39 is 0 Å². The topological polar surface area (TPSA) is 44.7 Å². The number of aromatic hydroxyl groups is 1. The summed E-state index contributed by atoms with van der Waals surface area (Å²) >= 11 is 0. The number of piperazine rings is 1. The second-order valence-corrected chi connectivity index (χ2v) is 5.37. The summed E-state index contributed by atoms with van der Waals surface area (Å²) in [7, 11) is 1.62. The molecule has 2 rings (SSSR count). The van der Waals surface area contributed by atoms with Gasteiger partial charge in [-0.25, -0.2) is 0 Å². The Hall–Kier alpha value is -0.680. The molecule has 1 aliphatic heterocycles. The summed E-state index contributed by atoms with van der Waals surface area (Å²) in [5, 5.41) is 13.7. The molecule has 0 aliphatic carbocycles. The van der Waals surface area contributed by atoms with Crippen LogP contribution in [0.15, 0.2) is 18.2 Å². The summed E-state index contributed by atoms with van der Waals surface area (Å²) in [5.74, 6) is 1.06. The lowest BCUT2D eigenvalue weighted by atomic mass is 9.97. The number of benzene rings is 1. The normalized spacial score (nSPS) is 16.3. The Balaban J connectivity index is 0.00000220. The van der Waals surface area contributed by atoms with Crippen LogP contribution in [0, 0.1) is 0 Å². The minimum absolute atomic E-state index is 0. The summed E-state index contributed by atoms with van der Waals surface area (Å²) in [6.07, 6.45) is 3.45. The quantitative estimate of drug-likeness (QED) is 0.825. The van der Waals surface area contributed by atoms with E-state index >= 15 is 0 Å². The number of methoxy groups -OCH3 is 1. The Bertz CT molecular complexity index is 427. The van der Waals surface area contributed by atoms with Gasteiger partial charge in [0, 0.05) is 43.9 Å². The van der Waals surface area contributed by atoms with Gasteiger partial charge in [-0.3, -0.25) is 4.90 Å². The number of unbranched alkanes of at least 4 members (excludes halogenated alkanes) is 1. The number of hydrogen-bond donors (Lipinski definition) is 2. The third-order valence-electron chi connectivity index (χ3n) is 4.02. The van der Waals surface area contributed by atoms with E-state index in [0.29, 0.717) is 17.5 Å². The van der Waals surface area contributed by atoms with Crippen molar-refractivity contribution in [2.24, 2.45) is 0 Å². The first-order valence-electron chi connectivity index (χ1n) is 7.58. The Morgan fingerprint density at radius 1 is 1.27 bits per heavy atom. The van der Waals surface area contributed by atoms with E-state index in [9.17, 15) is 5.11 Å².